The molecule has 22 heavy (non-hydrogen) atoms. The Hall–Kier alpha value is -1.87. The lowest BCUT2D eigenvalue weighted by Crippen LogP contribution is -2.41. The molecule has 1 aliphatic heterocycles. The molecule has 2 N–H and O–H groups in total. The monoisotopic (exact) mass is 296 g/mol. The number of hydrogen-bond acceptors (Lipinski definition) is 2. The van der Waals surface area contributed by atoms with Gasteiger partial charge in [-0.15, -0.1) is 0 Å². The van der Waals surface area contributed by atoms with Gasteiger partial charge < -0.3 is 10.6 Å². The van der Waals surface area contributed by atoms with Gasteiger partial charge in [-0.25, -0.2) is 0 Å². The zero-order chi connectivity index (χ0) is 15.7. The van der Waals surface area contributed by atoms with E-state index in [1.165, 1.54) is 16.3 Å². The second kappa shape index (κ2) is 6.09. The SMILES string of the molecule is CC(N)C(C)C(=O)N1CCCC1c1cccc2ccccc12. The van der Waals surface area contributed by atoms with E-state index >= 15 is 0 Å². The van der Waals surface area contributed by atoms with E-state index in [1.807, 2.05) is 18.7 Å². The fourth-order valence-corrected chi connectivity index (χ4v) is 3.38. The summed E-state index contributed by atoms with van der Waals surface area (Å²) in [6.45, 7) is 4.68. The molecule has 1 amide bonds. The number of nitrogens with zero attached hydrogens (tertiary/aromatic N) is 1. The first-order valence-electron chi connectivity index (χ1n) is 8.13. The first-order chi connectivity index (χ1) is 10.6. The van der Waals surface area contributed by atoms with E-state index in [0.717, 1.165) is 19.4 Å². The van der Waals surface area contributed by atoms with Crippen molar-refractivity contribution < 1.29 is 4.79 Å². The molecule has 2 aromatic rings. The van der Waals surface area contributed by atoms with Gasteiger partial charge in [0.1, 0.15) is 0 Å². The predicted octanol–water partition coefficient (Wildman–Crippen LogP) is 3.49. The van der Waals surface area contributed by atoms with Crippen molar-refractivity contribution >= 4 is 16.7 Å². The van der Waals surface area contributed by atoms with Crippen molar-refractivity contribution in [2.24, 2.45) is 11.7 Å². The summed E-state index contributed by atoms with van der Waals surface area (Å²) in [6.07, 6.45) is 2.09. The molecule has 3 atom stereocenters. The number of nitrogens with two attached hydrogens (primary N) is 1. The summed E-state index contributed by atoms with van der Waals surface area (Å²) in [5, 5.41) is 2.49. The van der Waals surface area contributed by atoms with E-state index in [0.29, 0.717) is 0 Å². The van der Waals surface area contributed by atoms with Crippen molar-refractivity contribution in [1.82, 2.24) is 4.90 Å². The number of benzene rings is 2. The molecule has 116 valence electrons. The van der Waals surface area contributed by atoms with Gasteiger partial charge in [0, 0.05) is 12.6 Å². The second-order valence-corrected chi connectivity index (χ2v) is 6.41. The number of fused-ring (bicyclic) bond motifs is 1. The minimum Gasteiger partial charge on any atom is -0.335 e. The normalized spacial score (nSPS) is 21.0. The number of rotatable bonds is 3. The second-order valence-electron chi connectivity index (χ2n) is 6.41. The molecular formula is C19H24N2O. The molecule has 0 radical (unpaired) electrons. The molecule has 1 fully saturated rings. The van der Waals surface area contributed by atoms with E-state index in [2.05, 4.69) is 42.5 Å². The van der Waals surface area contributed by atoms with Crippen molar-refractivity contribution in [2.75, 3.05) is 6.54 Å². The van der Waals surface area contributed by atoms with Gasteiger partial charge in [-0.2, -0.15) is 0 Å². The summed E-state index contributed by atoms with van der Waals surface area (Å²) in [4.78, 5) is 14.8. The van der Waals surface area contributed by atoms with Gasteiger partial charge in [0.25, 0.3) is 0 Å². The molecule has 1 heterocycles. The van der Waals surface area contributed by atoms with Crippen LogP contribution >= 0.6 is 0 Å². The van der Waals surface area contributed by atoms with Crippen LogP contribution in [0.15, 0.2) is 42.5 Å². The molecule has 0 aromatic heterocycles. The maximum absolute atomic E-state index is 12.8. The highest BCUT2D eigenvalue weighted by Crippen LogP contribution is 2.36. The smallest absolute Gasteiger partial charge is 0.227 e. The lowest BCUT2D eigenvalue weighted by atomic mass is 9.96. The largest absolute Gasteiger partial charge is 0.335 e. The summed E-state index contributed by atoms with van der Waals surface area (Å²) >= 11 is 0. The molecule has 0 saturated carbocycles. The Balaban J connectivity index is 1.97. The van der Waals surface area contributed by atoms with Crippen molar-refractivity contribution in [3.63, 3.8) is 0 Å². The first-order valence-corrected chi connectivity index (χ1v) is 8.13. The van der Waals surface area contributed by atoms with Crippen LogP contribution in [0.3, 0.4) is 0 Å². The molecule has 2 aromatic carbocycles. The molecule has 3 unspecified atom stereocenters. The fraction of sp³-hybridized carbons (Fsp3) is 0.421. The van der Waals surface area contributed by atoms with Crippen LogP contribution in [0.25, 0.3) is 10.8 Å². The Bertz CT molecular complexity index is 675. The highest BCUT2D eigenvalue weighted by atomic mass is 16.2. The van der Waals surface area contributed by atoms with Gasteiger partial charge in [0.2, 0.25) is 5.91 Å². The maximum atomic E-state index is 12.8. The average Bonchev–Trinajstić information content (AvgIpc) is 3.02. The third-order valence-electron chi connectivity index (χ3n) is 4.90. The number of likely N-dealkylation sites (tertiary alicyclic amines) is 1. The first kappa shape index (κ1) is 15.0. The highest BCUT2D eigenvalue weighted by molar-refractivity contribution is 5.87. The quantitative estimate of drug-likeness (QED) is 0.942. The molecule has 3 rings (SSSR count). The van der Waals surface area contributed by atoms with Crippen molar-refractivity contribution in [1.29, 1.82) is 0 Å². The van der Waals surface area contributed by atoms with E-state index in [1.54, 1.807) is 0 Å². The van der Waals surface area contributed by atoms with Gasteiger partial charge in [0.05, 0.1) is 12.0 Å². The summed E-state index contributed by atoms with van der Waals surface area (Å²) < 4.78 is 0. The van der Waals surface area contributed by atoms with Crippen molar-refractivity contribution in [3.05, 3.63) is 48.0 Å². The number of hydrogen-bond donors (Lipinski definition) is 1. The summed E-state index contributed by atoms with van der Waals surface area (Å²) in [7, 11) is 0. The number of carbonyl (C=O) groups excluding carboxylic acids is 1. The van der Waals surface area contributed by atoms with Gasteiger partial charge in [-0.05, 0) is 36.1 Å². The Labute approximate surface area is 132 Å². The molecular weight excluding hydrogens is 272 g/mol. The molecule has 0 aliphatic carbocycles. The molecule has 3 nitrogen and oxygen atoms in total. The number of amides is 1. The third kappa shape index (κ3) is 2.61. The lowest BCUT2D eigenvalue weighted by molar-refractivity contribution is -0.136. The Morgan fingerprint density at radius 2 is 1.91 bits per heavy atom. The van der Waals surface area contributed by atoms with Crippen LogP contribution in [0.5, 0.6) is 0 Å². The maximum Gasteiger partial charge on any atom is 0.227 e. The third-order valence-corrected chi connectivity index (χ3v) is 4.90. The lowest BCUT2D eigenvalue weighted by Gasteiger charge is -2.29. The van der Waals surface area contributed by atoms with E-state index in [-0.39, 0.29) is 23.9 Å². The fourth-order valence-electron chi connectivity index (χ4n) is 3.38. The molecule has 3 heteroatoms. The molecule has 1 aliphatic rings. The molecule has 1 saturated heterocycles. The summed E-state index contributed by atoms with van der Waals surface area (Å²) in [6, 6.07) is 14.9. The average molecular weight is 296 g/mol. The van der Waals surface area contributed by atoms with Gasteiger partial charge in [-0.1, -0.05) is 49.4 Å². The standard InChI is InChI=1S/C19H24N2O/c1-13(14(2)20)19(22)21-12-6-11-18(21)17-10-5-8-15-7-3-4-9-16(15)17/h3-5,7-10,13-14,18H,6,11-12,20H2,1-2H3. The van der Waals surface area contributed by atoms with Crippen LogP contribution in [-0.2, 0) is 4.79 Å². The zero-order valence-corrected chi connectivity index (χ0v) is 13.3. The predicted molar refractivity (Wildman–Crippen MR) is 90.4 cm³/mol. The van der Waals surface area contributed by atoms with Crippen LogP contribution in [0, 0.1) is 5.92 Å². The zero-order valence-electron chi connectivity index (χ0n) is 13.3. The highest BCUT2D eigenvalue weighted by Gasteiger charge is 2.33. The van der Waals surface area contributed by atoms with Crippen molar-refractivity contribution in [3.8, 4) is 0 Å². The molecule has 0 bridgehead atoms. The Morgan fingerprint density at radius 1 is 1.18 bits per heavy atom. The summed E-state index contributed by atoms with van der Waals surface area (Å²) in [5.74, 6) is 0.0565. The van der Waals surface area contributed by atoms with Crippen LogP contribution in [0.2, 0.25) is 0 Å². The van der Waals surface area contributed by atoms with E-state index < -0.39 is 0 Å². The van der Waals surface area contributed by atoms with Crippen LogP contribution in [-0.4, -0.2) is 23.4 Å². The Kier molecular flexibility index (Phi) is 4.16. The molecule has 0 spiro atoms. The minimum atomic E-state index is -0.129. The number of carbonyl (C=O) groups is 1. The van der Waals surface area contributed by atoms with Gasteiger partial charge in [-0.3, -0.25) is 4.79 Å². The van der Waals surface area contributed by atoms with E-state index in [9.17, 15) is 4.79 Å². The van der Waals surface area contributed by atoms with Crippen LogP contribution in [0.4, 0.5) is 0 Å². The van der Waals surface area contributed by atoms with Crippen LogP contribution in [0.1, 0.15) is 38.3 Å². The van der Waals surface area contributed by atoms with Crippen LogP contribution < -0.4 is 5.73 Å². The topological polar surface area (TPSA) is 46.3 Å². The van der Waals surface area contributed by atoms with Gasteiger partial charge >= 0.3 is 0 Å². The van der Waals surface area contributed by atoms with Gasteiger partial charge in [0.15, 0.2) is 0 Å². The van der Waals surface area contributed by atoms with E-state index in [4.69, 9.17) is 5.73 Å². The Morgan fingerprint density at radius 3 is 2.68 bits per heavy atom. The van der Waals surface area contributed by atoms with Crippen molar-refractivity contribution in [2.45, 2.75) is 38.8 Å². The minimum absolute atomic E-state index is 0.110. The summed E-state index contributed by atoms with van der Waals surface area (Å²) in [5.41, 5.74) is 7.20.